The summed E-state index contributed by atoms with van der Waals surface area (Å²) in [5.41, 5.74) is 2.65. The molecule has 0 atom stereocenters. The molecule has 2 aromatic carbocycles. The van der Waals surface area contributed by atoms with E-state index in [1.54, 1.807) is 18.0 Å². The van der Waals surface area contributed by atoms with Gasteiger partial charge in [-0.25, -0.2) is 14.3 Å². The molecule has 0 amide bonds. The smallest absolute Gasteiger partial charge is 0.337 e. The van der Waals surface area contributed by atoms with Gasteiger partial charge >= 0.3 is 5.69 Å². The second-order valence-electron chi connectivity index (χ2n) is 6.88. The Bertz CT molecular complexity index is 1270. The van der Waals surface area contributed by atoms with Crippen LogP contribution in [-0.4, -0.2) is 32.4 Å². The van der Waals surface area contributed by atoms with Gasteiger partial charge in [-0.15, -0.1) is 0 Å². The highest BCUT2D eigenvalue weighted by molar-refractivity contribution is 5.73. The number of methoxy groups -OCH3 is 1. The van der Waals surface area contributed by atoms with Crippen LogP contribution in [0.25, 0.3) is 16.9 Å². The molecule has 148 valence electrons. The summed E-state index contributed by atoms with van der Waals surface area (Å²) < 4.78 is 9.65. The number of nitrogens with zero attached hydrogens (tertiary/aromatic N) is 4. The molecule has 0 spiro atoms. The number of hydrogen-bond acceptors (Lipinski definition) is 4. The summed E-state index contributed by atoms with van der Waals surface area (Å²) in [6.07, 6.45) is 1.62. The summed E-state index contributed by atoms with van der Waals surface area (Å²) in [5.74, 6) is 0. The number of hydrogen-bond donors (Lipinski definition) is 0. The Morgan fingerprint density at radius 3 is 2.45 bits per heavy atom. The van der Waals surface area contributed by atoms with Crippen molar-refractivity contribution in [1.82, 2.24) is 18.7 Å². The first-order valence-corrected chi connectivity index (χ1v) is 9.41. The zero-order valence-electron chi connectivity index (χ0n) is 16.4. The molecular weight excluding hydrogens is 368 g/mol. The average Bonchev–Trinajstić information content (AvgIpc) is 3.13. The maximum atomic E-state index is 13.3. The second kappa shape index (κ2) is 7.89. The molecule has 7 nitrogen and oxygen atoms in total. The first kappa shape index (κ1) is 18.9. The lowest BCUT2D eigenvalue weighted by Crippen LogP contribution is -2.41. The monoisotopic (exact) mass is 390 g/mol. The van der Waals surface area contributed by atoms with Crippen LogP contribution >= 0.6 is 0 Å². The van der Waals surface area contributed by atoms with Crippen molar-refractivity contribution in [2.45, 2.75) is 20.0 Å². The van der Waals surface area contributed by atoms with Crippen LogP contribution in [0.4, 0.5) is 0 Å². The summed E-state index contributed by atoms with van der Waals surface area (Å²) in [7, 11) is 1.54. The molecule has 0 N–H and O–H groups in total. The zero-order valence-corrected chi connectivity index (χ0v) is 16.4. The third-order valence-corrected chi connectivity index (χ3v) is 4.97. The number of aromatic nitrogens is 4. The minimum atomic E-state index is -0.418. The van der Waals surface area contributed by atoms with E-state index in [2.05, 4.69) is 4.98 Å². The Morgan fingerprint density at radius 2 is 1.72 bits per heavy atom. The molecule has 0 aliphatic heterocycles. The molecule has 0 bridgehead atoms. The van der Waals surface area contributed by atoms with Crippen molar-refractivity contribution in [3.05, 3.63) is 92.9 Å². The summed E-state index contributed by atoms with van der Waals surface area (Å²) in [6, 6.07) is 17.4. The molecule has 2 heterocycles. The van der Waals surface area contributed by atoms with Crippen LogP contribution in [0, 0.1) is 6.92 Å². The molecule has 0 unspecified atom stereocenters. The number of imidazole rings is 1. The van der Waals surface area contributed by atoms with E-state index >= 15 is 0 Å². The molecule has 0 radical (unpaired) electrons. The molecule has 0 saturated carbocycles. The fourth-order valence-corrected chi connectivity index (χ4v) is 3.49. The van der Waals surface area contributed by atoms with Crippen molar-refractivity contribution in [1.29, 1.82) is 0 Å². The van der Waals surface area contributed by atoms with E-state index in [0.29, 0.717) is 23.4 Å². The maximum absolute atomic E-state index is 13.3. The third-order valence-electron chi connectivity index (χ3n) is 4.97. The summed E-state index contributed by atoms with van der Waals surface area (Å²) in [4.78, 5) is 30.9. The maximum Gasteiger partial charge on any atom is 0.337 e. The molecule has 0 aliphatic rings. The first-order valence-electron chi connectivity index (χ1n) is 9.41. The third kappa shape index (κ3) is 3.40. The number of rotatable bonds is 6. The van der Waals surface area contributed by atoms with Gasteiger partial charge in [-0.1, -0.05) is 48.5 Å². The fraction of sp³-hybridized carbons (Fsp3) is 0.227. The molecule has 7 heteroatoms. The molecule has 0 saturated heterocycles. The van der Waals surface area contributed by atoms with E-state index < -0.39 is 5.69 Å². The van der Waals surface area contributed by atoms with E-state index in [-0.39, 0.29) is 18.7 Å². The van der Waals surface area contributed by atoms with Gasteiger partial charge in [-0.05, 0) is 24.1 Å². The quantitative estimate of drug-likeness (QED) is 0.507. The minimum absolute atomic E-state index is 0.173. The molecule has 2 aromatic heterocycles. The van der Waals surface area contributed by atoms with Gasteiger partial charge in [-0.3, -0.25) is 9.36 Å². The number of fused-ring (bicyclic) bond motifs is 1. The summed E-state index contributed by atoms with van der Waals surface area (Å²) in [5, 5.41) is 0. The van der Waals surface area contributed by atoms with Crippen molar-refractivity contribution in [2.24, 2.45) is 0 Å². The molecule has 29 heavy (non-hydrogen) atoms. The van der Waals surface area contributed by atoms with Crippen LogP contribution in [0.2, 0.25) is 0 Å². The van der Waals surface area contributed by atoms with Gasteiger partial charge < -0.3 is 9.30 Å². The van der Waals surface area contributed by atoms with Crippen molar-refractivity contribution in [3.63, 3.8) is 0 Å². The summed E-state index contributed by atoms with van der Waals surface area (Å²) in [6.45, 7) is 2.86. The molecular formula is C22H22N4O3. The minimum Gasteiger partial charge on any atom is -0.383 e. The van der Waals surface area contributed by atoms with E-state index in [4.69, 9.17) is 4.74 Å². The highest BCUT2D eigenvalue weighted by Crippen LogP contribution is 2.17. The number of benzene rings is 2. The number of aryl methyl sites for hydroxylation is 1. The Labute approximate surface area is 167 Å². The lowest BCUT2D eigenvalue weighted by Gasteiger charge is -2.14. The molecule has 0 fully saturated rings. The highest BCUT2D eigenvalue weighted by Gasteiger charge is 2.20. The van der Waals surface area contributed by atoms with Crippen molar-refractivity contribution in [3.8, 4) is 5.69 Å². The van der Waals surface area contributed by atoms with Gasteiger partial charge in [0.15, 0.2) is 11.2 Å². The van der Waals surface area contributed by atoms with E-state index in [1.807, 2.05) is 61.5 Å². The van der Waals surface area contributed by atoms with Crippen LogP contribution in [0.15, 0.2) is 70.5 Å². The molecule has 0 aliphatic carbocycles. The van der Waals surface area contributed by atoms with Crippen LogP contribution in [0.5, 0.6) is 0 Å². The molecule has 4 rings (SSSR count). The Morgan fingerprint density at radius 1 is 1.00 bits per heavy atom. The van der Waals surface area contributed by atoms with Gasteiger partial charge in [0.2, 0.25) is 0 Å². The van der Waals surface area contributed by atoms with Gasteiger partial charge in [0, 0.05) is 13.7 Å². The normalized spacial score (nSPS) is 11.2. The van der Waals surface area contributed by atoms with E-state index in [1.165, 1.54) is 9.13 Å². The number of ether oxygens (including phenoxy) is 1. The Kier molecular flexibility index (Phi) is 5.14. The Hall–Kier alpha value is -3.45. The fourth-order valence-electron chi connectivity index (χ4n) is 3.49. The predicted octanol–water partition coefficient (Wildman–Crippen LogP) is 2.35. The van der Waals surface area contributed by atoms with Crippen LogP contribution in [-0.2, 0) is 17.8 Å². The van der Waals surface area contributed by atoms with Gasteiger partial charge in [0.05, 0.1) is 25.2 Å². The van der Waals surface area contributed by atoms with Crippen molar-refractivity contribution >= 4 is 11.2 Å². The molecule has 4 aromatic rings. The topological polar surface area (TPSA) is 71.1 Å². The largest absolute Gasteiger partial charge is 0.383 e. The second-order valence-corrected chi connectivity index (χ2v) is 6.88. The van der Waals surface area contributed by atoms with Crippen LogP contribution < -0.4 is 11.2 Å². The van der Waals surface area contributed by atoms with E-state index in [0.717, 1.165) is 11.1 Å². The lowest BCUT2D eigenvalue weighted by molar-refractivity contribution is 0.184. The average molecular weight is 390 g/mol. The standard InChI is InChI=1S/C22H22N4O3/c1-16-8-6-7-11-18(16)26-20-19(21(27)25(22(26)28)12-13-29-2)24(15-23-20)14-17-9-4-3-5-10-17/h3-11,15H,12-14H2,1-2H3. The highest BCUT2D eigenvalue weighted by atomic mass is 16.5. The van der Waals surface area contributed by atoms with E-state index in [9.17, 15) is 9.59 Å². The van der Waals surface area contributed by atoms with Gasteiger partial charge in [0.25, 0.3) is 5.56 Å². The lowest BCUT2D eigenvalue weighted by atomic mass is 10.2. The van der Waals surface area contributed by atoms with Crippen LogP contribution in [0.1, 0.15) is 11.1 Å². The van der Waals surface area contributed by atoms with Gasteiger partial charge in [-0.2, -0.15) is 0 Å². The SMILES string of the molecule is COCCn1c(=O)c2c(ncn2Cc2ccccc2)n(-c2ccccc2C)c1=O. The zero-order chi connectivity index (χ0) is 20.4. The van der Waals surface area contributed by atoms with Crippen molar-refractivity contribution in [2.75, 3.05) is 13.7 Å². The van der Waals surface area contributed by atoms with Crippen molar-refractivity contribution < 1.29 is 4.74 Å². The van der Waals surface area contributed by atoms with Crippen LogP contribution in [0.3, 0.4) is 0 Å². The summed E-state index contributed by atoms with van der Waals surface area (Å²) >= 11 is 0. The van der Waals surface area contributed by atoms with Gasteiger partial charge in [0.1, 0.15) is 0 Å². The predicted molar refractivity (Wildman–Crippen MR) is 112 cm³/mol. The first-order chi connectivity index (χ1) is 14.1. The Balaban J connectivity index is 2.01. The number of para-hydroxylation sites is 1.